The molecule has 2 heteroatoms. The minimum Gasteiger partial charge on any atom is -0.295 e. The van der Waals surface area contributed by atoms with Crippen LogP contribution in [0.25, 0.3) is 0 Å². The summed E-state index contributed by atoms with van der Waals surface area (Å²) in [4.78, 5) is 22.1. The van der Waals surface area contributed by atoms with Crippen LogP contribution in [0.1, 0.15) is 45.4 Å². The molecule has 15 heavy (non-hydrogen) atoms. The van der Waals surface area contributed by atoms with Crippen LogP contribution in [0.5, 0.6) is 0 Å². The van der Waals surface area contributed by atoms with Crippen molar-refractivity contribution in [2.24, 2.45) is 0 Å². The summed E-state index contributed by atoms with van der Waals surface area (Å²) >= 11 is 0. The third-order valence-corrected chi connectivity index (χ3v) is 2.12. The molecule has 0 aliphatic heterocycles. The highest BCUT2D eigenvalue weighted by atomic mass is 16.1. The quantitative estimate of drug-likeness (QED) is 0.430. The van der Waals surface area contributed by atoms with Gasteiger partial charge in [0.25, 0.3) is 0 Å². The molecule has 0 amide bonds. The van der Waals surface area contributed by atoms with Crippen LogP contribution in [0, 0.1) is 0 Å². The van der Waals surface area contributed by atoms with Crippen molar-refractivity contribution < 1.29 is 9.59 Å². The van der Waals surface area contributed by atoms with Crippen molar-refractivity contribution in [3.8, 4) is 0 Å². The Morgan fingerprint density at radius 2 is 1.80 bits per heavy atom. The molecule has 0 bridgehead atoms. The van der Waals surface area contributed by atoms with Crippen LogP contribution in [-0.2, 0) is 9.59 Å². The molecule has 0 aromatic rings. The number of unbranched alkanes of at least 4 members (excludes halogenated alkanes) is 3. The zero-order valence-corrected chi connectivity index (χ0v) is 9.50. The van der Waals surface area contributed by atoms with Crippen LogP contribution in [0.2, 0.25) is 0 Å². The van der Waals surface area contributed by atoms with E-state index < -0.39 is 0 Å². The first-order valence-electron chi connectivity index (χ1n) is 5.55. The summed E-state index contributed by atoms with van der Waals surface area (Å²) in [5.41, 5.74) is 0. The summed E-state index contributed by atoms with van der Waals surface area (Å²) in [5, 5.41) is 0. The van der Waals surface area contributed by atoms with Gasteiger partial charge in [0, 0.05) is 12.8 Å². The van der Waals surface area contributed by atoms with E-state index in [9.17, 15) is 9.59 Å². The lowest BCUT2D eigenvalue weighted by atomic mass is 10.1. The molecular formula is C13H20O2. The molecule has 84 valence electrons. The van der Waals surface area contributed by atoms with Gasteiger partial charge in [-0.3, -0.25) is 9.59 Å². The largest absolute Gasteiger partial charge is 0.295 e. The summed E-state index contributed by atoms with van der Waals surface area (Å²) in [5.74, 6) is -0.0376. The number of hydrogen-bond acceptors (Lipinski definition) is 2. The van der Waals surface area contributed by atoms with Crippen molar-refractivity contribution in [2.45, 2.75) is 45.4 Å². The number of rotatable bonds is 9. The van der Waals surface area contributed by atoms with Crippen molar-refractivity contribution in [1.82, 2.24) is 0 Å². The molecule has 0 saturated carbocycles. The lowest BCUT2D eigenvalue weighted by Gasteiger charge is -1.93. The van der Waals surface area contributed by atoms with Crippen molar-refractivity contribution in [2.75, 3.05) is 0 Å². The van der Waals surface area contributed by atoms with Crippen LogP contribution in [0.15, 0.2) is 24.8 Å². The maximum Gasteiger partial charge on any atom is 0.155 e. The second kappa shape index (κ2) is 9.38. The summed E-state index contributed by atoms with van der Waals surface area (Å²) in [6.07, 6.45) is 9.81. The maximum atomic E-state index is 11.2. The van der Waals surface area contributed by atoms with E-state index in [1.54, 1.807) is 6.08 Å². The van der Waals surface area contributed by atoms with E-state index in [-0.39, 0.29) is 18.0 Å². The molecule has 0 rings (SSSR count). The summed E-state index contributed by atoms with van der Waals surface area (Å²) in [6.45, 7) is 5.50. The number of carbonyl (C=O) groups excluding carboxylic acids is 2. The molecule has 0 unspecified atom stereocenters. The standard InChI is InChI=1S/C13H20O2/c1-3-5-6-7-8-9-13(15)11-10-12(14)4-2/h4,8-9H,2-3,5-7,10-11H2,1H3. The Bertz CT molecular complexity index is 239. The Kier molecular flexibility index (Phi) is 8.64. The number of allylic oxidation sites excluding steroid dienone is 3. The van der Waals surface area contributed by atoms with Gasteiger partial charge >= 0.3 is 0 Å². The van der Waals surface area contributed by atoms with Crippen LogP contribution in [0.4, 0.5) is 0 Å². The Hall–Kier alpha value is -1.18. The molecule has 0 aliphatic rings. The molecular weight excluding hydrogens is 188 g/mol. The molecule has 0 heterocycles. The zero-order chi connectivity index (χ0) is 11.5. The lowest BCUT2D eigenvalue weighted by molar-refractivity contribution is -0.119. The first-order valence-corrected chi connectivity index (χ1v) is 5.55. The maximum absolute atomic E-state index is 11.2. The minimum absolute atomic E-state index is 0.0294. The fourth-order valence-corrected chi connectivity index (χ4v) is 1.16. The van der Waals surface area contributed by atoms with Gasteiger partial charge in [-0.2, -0.15) is 0 Å². The van der Waals surface area contributed by atoms with Gasteiger partial charge in [-0.1, -0.05) is 32.4 Å². The van der Waals surface area contributed by atoms with Crippen LogP contribution >= 0.6 is 0 Å². The average molecular weight is 208 g/mol. The van der Waals surface area contributed by atoms with Gasteiger partial charge in [0.2, 0.25) is 0 Å². The van der Waals surface area contributed by atoms with Gasteiger partial charge in [-0.05, 0) is 25.0 Å². The monoisotopic (exact) mass is 208 g/mol. The van der Waals surface area contributed by atoms with Gasteiger partial charge in [-0.15, -0.1) is 0 Å². The van der Waals surface area contributed by atoms with E-state index in [0.29, 0.717) is 6.42 Å². The highest BCUT2D eigenvalue weighted by molar-refractivity contribution is 5.95. The first-order chi connectivity index (χ1) is 7.20. The lowest BCUT2D eigenvalue weighted by Crippen LogP contribution is -1.98. The van der Waals surface area contributed by atoms with Gasteiger partial charge < -0.3 is 0 Å². The molecule has 0 radical (unpaired) electrons. The normalized spacial score (nSPS) is 10.5. The molecule has 0 saturated heterocycles. The van der Waals surface area contributed by atoms with E-state index in [0.717, 1.165) is 12.8 Å². The summed E-state index contributed by atoms with van der Waals surface area (Å²) in [7, 11) is 0. The second-order valence-corrected chi connectivity index (χ2v) is 3.53. The van der Waals surface area contributed by atoms with E-state index in [1.165, 1.54) is 18.9 Å². The average Bonchev–Trinajstić information content (AvgIpc) is 2.25. The smallest absolute Gasteiger partial charge is 0.155 e. The molecule has 0 N–H and O–H groups in total. The van der Waals surface area contributed by atoms with Gasteiger partial charge in [-0.25, -0.2) is 0 Å². The number of hydrogen-bond donors (Lipinski definition) is 0. The predicted molar refractivity (Wildman–Crippen MR) is 62.7 cm³/mol. The SMILES string of the molecule is C=CC(=O)CCC(=O)C=CCCCCC. The van der Waals surface area contributed by atoms with Gasteiger partial charge in [0.05, 0.1) is 0 Å². The van der Waals surface area contributed by atoms with Crippen LogP contribution in [0.3, 0.4) is 0 Å². The van der Waals surface area contributed by atoms with Crippen molar-refractivity contribution >= 4 is 11.6 Å². The molecule has 0 atom stereocenters. The van der Waals surface area contributed by atoms with Gasteiger partial charge in [0.15, 0.2) is 11.6 Å². The zero-order valence-electron chi connectivity index (χ0n) is 9.50. The Morgan fingerprint density at radius 3 is 2.40 bits per heavy atom. The molecule has 0 aromatic heterocycles. The highest BCUT2D eigenvalue weighted by Crippen LogP contribution is 2.01. The van der Waals surface area contributed by atoms with Gasteiger partial charge in [0.1, 0.15) is 0 Å². The van der Waals surface area contributed by atoms with Crippen LogP contribution in [-0.4, -0.2) is 11.6 Å². The van der Waals surface area contributed by atoms with Crippen LogP contribution < -0.4 is 0 Å². The Morgan fingerprint density at radius 1 is 1.13 bits per heavy atom. The summed E-state index contributed by atoms with van der Waals surface area (Å²) in [6, 6.07) is 0. The van der Waals surface area contributed by atoms with E-state index in [4.69, 9.17) is 0 Å². The van der Waals surface area contributed by atoms with E-state index >= 15 is 0 Å². The van der Waals surface area contributed by atoms with Crippen molar-refractivity contribution in [1.29, 1.82) is 0 Å². The fourth-order valence-electron chi connectivity index (χ4n) is 1.16. The summed E-state index contributed by atoms with van der Waals surface area (Å²) < 4.78 is 0. The minimum atomic E-state index is -0.0669. The molecule has 0 fully saturated rings. The highest BCUT2D eigenvalue weighted by Gasteiger charge is 2.00. The molecule has 0 aliphatic carbocycles. The van der Waals surface area contributed by atoms with E-state index in [1.807, 2.05) is 6.08 Å². The first kappa shape index (κ1) is 13.8. The molecule has 0 aromatic carbocycles. The Labute approximate surface area is 92.1 Å². The Balaban J connectivity index is 3.55. The molecule has 2 nitrogen and oxygen atoms in total. The third-order valence-electron chi connectivity index (χ3n) is 2.12. The topological polar surface area (TPSA) is 34.1 Å². The van der Waals surface area contributed by atoms with Crippen molar-refractivity contribution in [3.63, 3.8) is 0 Å². The second-order valence-electron chi connectivity index (χ2n) is 3.53. The third kappa shape index (κ3) is 9.13. The number of ketones is 2. The predicted octanol–water partition coefficient (Wildman–Crippen LogP) is 3.23. The molecule has 0 spiro atoms. The number of carbonyl (C=O) groups is 2. The van der Waals surface area contributed by atoms with Crippen molar-refractivity contribution in [3.05, 3.63) is 24.8 Å². The van der Waals surface area contributed by atoms with E-state index in [2.05, 4.69) is 13.5 Å². The fraction of sp³-hybridized carbons (Fsp3) is 0.538.